The Bertz CT molecular complexity index is 590. The predicted octanol–water partition coefficient (Wildman–Crippen LogP) is 3.48. The van der Waals surface area contributed by atoms with Gasteiger partial charge in [-0.05, 0) is 12.8 Å². The number of hydrogen-bond donors (Lipinski definition) is 1. The van der Waals surface area contributed by atoms with Gasteiger partial charge >= 0.3 is 0 Å². The molecule has 5 heteroatoms. The lowest BCUT2D eigenvalue weighted by molar-refractivity contribution is 0.540. The van der Waals surface area contributed by atoms with Crippen LogP contribution in [0.15, 0.2) is 6.33 Å². The molecule has 0 aromatic carbocycles. The molecule has 0 unspecified atom stereocenters. The van der Waals surface area contributed by atoms with Crippen LogP contribution in [0.1, 0.15) is 63.6 Å². The van der Waals surface area contributed by atoms with Gasteiger partial charge < -0.3 is 10.3 Å². The molecule has 3 rings (SSSR count). The first kappa shape index (κ1) is 14.3. The minimum absolute atomic E-state index is 0.526. The Morgan fingerprint density at radius 1 is 0.857 bits per heavy atom. The molecule has 21 heavy (non-hydrogen) atoms. The first-order chi connectivity index (χ1) is 10.3. The Kier molecular flexibility index (Phi) is 4.68. The fourth-order valence-electron chi connectivity index (χ4n) is 3.09. The molecule has 0 atom stereocenters. The van der Waals surface area contributed by atoms with Gasteiger partial charge in [-0.15, -0.1) is 0 Å². The maximum atomic E-state index is 6.04. The lowest BCUT2D eigenvalue weighted by Crippen LogP contribution is -2.04. The molecule has 0 amide bonds. The van der Waals surface area contributed by atoms with Crippen molar-refractivity contribution in [3.63, 3.8) is 0 Å². The van der Waals surface area contributed by atoms with Crippen molar-refractivity contribution < 1.29 is 0 Å². The molecule has 0 fully saturated rings. The topological polar surface area (TPSA) is 69.6 Å². The molecule has 3 heterocycles. The van der Waals surface area contributed by atoms with E-state index in [9.17, 15) is 0 Å². The Hall–Kier alpha value is -1.65. The molecule has 0 saturated carbocycles. The molecule has 1 aliphatic heterocycles. The van der Waals surface area contributed by atoms with Gasteiger partial charge in [0.15, 0.2) is 11.5 Å². The van der Waals surface area contributed by atoms with E-state index in [1.165, 1.54) is 51.4 Å². The number of nitrogens with two attached hydrogens (primary N) is 1. The van der Waals surface area contributed by atoms with Crippen LogP contribution in [-0.4, -0.2) is 19.5 Å². The average Bonchev–Trinajstić information content (AvgIpc) is 2.87. The van der Waals surface area contributed by atoms with E-state index in [0.29, 0.717) is 5.82 Å². The Balaban J connectivity index is 1.83. The van der Waals surface area contributed by atoms with E-state index in [1.54, 1.807) is 0 Å². The Morgan fingerprint density at radius 3 is 2.29 bits per heavy atom. The molecule has 2 aromatic heterocycles. The molecular formula is C16H25N5. The SMILES string of the molecule is Nc1nc2nc3c1ncn3CCCCCCCCCCC2. The Morgan fingerprint density at radius 2 is 1.52 bits per heavy atom. The van der Waals surface area contributed by atoms with E-state index < -0.39 is 0 Å². The van der Waals surface area contributed by atoms with Crippen molar-refractivity contribution >= 4 is 17.0 Å². The van der Waals surface area contributed by atoms with Gasteiger partial charge in [0.25, 0.3) is 0 Å². The number of rotatable bonds is 0. The number of aromatic nitrogens is 4. The highest BCUT2D eigenvalue weighted by atomic mass is 15.1. The van der Waals surface area contributed by atoms with Crippen LogP contribution in [0.4, 0.5) is 5.82 Å². The zero-order chi connectivity index (χ0) is 14.5. The van der Waals surface area contributed by atoms with Crippen LogP contribution >= 0.6 is 0 Å². The summed E-state index contributed by atoms with van der Waals surface area (Å²) < 4.78 is 2.14. The third-order valence-electron chi connectivity index (χ3n) is 4.34. The highest BCUT2D eigenvalue weighted by Gasteiger charge is 2.11. The van der Waals surface area contributed by atoms with E-state index in [1.807, 2.05) is 6.33 Å². The first-order valence-electron chi connectivity index (χ1n) is 8.32. The summed E-state index contributed by atoms with van der Waals surface area (Å²) in [6.45, 7) is 0.979. The van der Waals surface area contributed by atoms with Crippen LogP contribution in [0, 0.1) is 0 Å². The van der Waals surface area contributed by atoms with Crippen molar-refractivity contribution in [3.05, 3.63) is 12.2 Å². The first-order valence-corrected chi connectivity index (χ1v) is 8.32. The molecule has 5 nitrogen and oxygen atoms in total. The van der Waals surface area contributed by atoms with Crippen LogP contribution in [0.5, 0.6) is 0 Å². The average molecular weight is 287 g/mol. The van der Waals surface area contributed by atoms with Crippen LogP contribution < -0.4 is 5.73 Å². The molecule has 2 aromatic rings. The number of hydrogen-bond acceptors (Lipinski definition) is 4. The number of aryl methyl sites for hydroxylation is 2. The maximum absolute atomic E-state index is 6.04. The highest BCUT2D eigenvalue weighted by molar-refractivity contribution is 5.81. The summed E-state index contributed by atoms with van der Waals surface area (Å²) in [5.74, 6) is 1.40. The lowest BCUT2D eigenvalue weighted by atomic mass is 10.1. The summed E-state index contributed by atoms with van der Waals surface area (Å²) in [7, 11) is 0. The van der Waals surface area contributed by atoms with Crippen molar-refractivity contribution in [3.8, 4) is 0 Å². The fraction of sp³-hybridized carbons (Fsp3) is 0.688. The third kappa shape index (κ3) is 3.52. The molecule has 2 bridgehead atoms. The van der Waals surface area contributed by atoms with Gasteiger partial charge in [0.1, 0.15) is 11.3 Å². The summed E-state index contributed by atoms with van der Waals surface area (Å²) in [5.41, 5.74) is 7.70. The number of nitrogens with zero attached hydrogens (tertiary/aromatic N) is 4. The zero-order valence-corrected chi connectivity index (χ0v) is 12.7. The number of imidazole rings is 1. The molecular weight excluding hydrogens is 262 g/mol. The minimum atomic E-state index is 0.526. The minimum Gasteiger partial charge on any atom is -0.382 e. The fourth-order valence-corrected chi connectivity index (χ4v) is 3.09. The lowest BCUT2D eigenvalue weighted by Gasteiger charge is -2.05. The van der Waals surface area contributed by atoms with Crippen molar-refractivity contribution in [2.45, 2.75) is 70.8 Å². The summed E-state index contributed by atoms with van der Waals surface area (Å²) >= 11 is 0. The second-order valence-electron chi connectivity index (χ2n) is 6.07. The van der Waals surface area contributed by atoms with Crippen molar-refractivity contribution in [1.82, 2.24) is 19.5 Å². The maximum Gasteiger partial charge on any atom is 0.165 e. The molecule has 2 N–H and O–H groups in total. The van der Waals surface area contributed by atoms with Gasteiger partial charge in [-0.1, -0.05) is 44.9 Å². The zero-order valence-electron chi connectivity index (χ0n) is 12.7. The molecule has 0 saturated heterocycles. The van der Waals surface area contributed by atoms with Crippen LogP contribution in [0.3, 0.4) is 0 Å². The normalized spacial score (nSPS) is 18.5. The number of nitrogen functional groups attached to an aromatic ring is 1. The van der Waals surface area contributed by atoms with Crippen LogP contribution in [0.2, 0.25) is 0 Å². The standard InChI is InChI=1S/C16H25N5/c17-15-14-16-20-13(19-15)10-8-6-4-2-1-3-5-7-9-11-21(16)12-18-14/h12H,1-11H2,(H2,17,19,20). The van der Waals surface area contributed by atoms with E-state index in [-0.39, 0.29) is 0 Å². The van der Waals surface area contributed by atoms with E-state index in [2.05, 4.69) is 14.5 Å². The molecule has 0 aliphatic carbocycles. The van der Waals surface area contributed by atoms with Crippen LogP contribution in [-0.2, 0) is 13.0 Å². The van der Waals surface area contributed by atoms with Gasteiger partial charge in [-0.25, -0.2) is 15.0 Å². The van der Waals surface area contributed by atoms with Crippen LogP contribution in [0.25, 0.3) is 11.2 Å². The number of anilines is 1. The molecule has 114 valence electrons. The second kappa shape index (κ2) is 6.87. The summed E-state index contributed by atoms with van der Waals surface area (Å²) in [6, 6.07) is 0. The van der Waals surface area contributed by atoms with Gasteiger partial charge in [0, 0.05) is 13.0 Å². The molecule has 0 radical (unpaired) electrons. The quantitative estimate of drug-likeness (QED) is 0.805. The third-order valence-corrected chi connectivity index (χ3v) is 4.34. The second-order valence-corrected chi connectivity index (χ2v) is 6.07. The van der Waals surface area contributed by atoms with E-state index in [0.717, 1.165) is 36.4 Å². The van der Waals surface area contributed by atoms with E-state index >= 15 is 0 Å². The Labute approximate surface area is 126 Å². The summed E-state index contributed by atoms with van der Waals surface area (Å²) in [4.78, 5) is 13.5. The number of fused-ring (bicyclic) bond motifs is 1. The van der Waals surface area contributed by atoms with Gasteiger partial charge in [-0.2, -0.15) is 0 Å². The van der Waals surface area contributed by atoms with Gasteiger partial charge in [0.2, 0.25) is 0 Å². The highest BCUT2D eigenvalue weighted by Crippen LogP contribution is 2.19. The largest absolute Gasteiger partial charge is 0.382 e. The summed E-state index contributed by atoms with van der Waals surface area (Å²) in [6.07, 6.45) is 14.5. The molecule has 1 aliphatic rings. The van der Waals surface area contributed by atoms with Crippen molar-refractivity contribution in [2.75, 3.05) is 5.73 Å². The van der Waals surface area contributed by atoms with Gasteiger partial charge in [0.05, 0.1) is 6.33 Å². The summed E-state index contributed by atoms with van der Waals surface area (Å²) in [5, 5.41) is 0. The van der Waals surface area contributed by atoms with Crippen molar-refractivity contribution in [2.24, 2.45) is 0 Å². The molecule has 0 spiro atoms. The van der Waals surface area contributed by atoms with Gasteiger partial charge in [-0.3, -0.25) is 0 Å². The monoisotopic (exact) mass is 287 g/mol. The van der Waals surface area contributed by atoms with E-state index in [4.69, 9.17) is 10.7 Å². The smallest absolute Gasteiger partial charge is 0.165 e. The predicted molar refractivity (Wildman–Crippen MR) is 85.0 cm³/mol. The van der Waals surface area contributed by atoms with Crippen molar-refractivity contribution in [1.29, 1.82) is 0 Å².